The maximum Gasteiger partial charge on any atom is 0.0572 e. The minimum Gasteiger partial charge on any atom is -0.371 e. The average molecular weight is 207 g/mol. The minimum absolute atomic E-state index is 0.0587. The Morgan fingerprint density at radius 2 is 2.07 bits per heavy atom. The number of anilines is 1. The summed E-state index contributed by atoms with van der Waals surface area (Å²) in [6.45, 7) is 6.39. The van der Waals surface area contributed by atoms with Gasteiger partial charge in [-0.1, -0.05) is 6.92 Å². The number of rotatable bonds is 4. The second kappa shape index (κ2) is 5.12. The summed E-state index contributed by atoms with van der Waals surface area (Å²) in [5, 5.41) is 0. The van der Waals surface area contributed by atoms with Crippen molar-refractivity contribution in [3.8, 4) is 0 Å². The lowest BCUT2D eigenvalue weighted by molar-refractivity contribution is 0.674. The molecule has 0 saturated carbocycles. The molecule has 0 fully saturated rings. The summed E-state index contributed by atoms with van der Waals surface area (Å²) in [6, 6.07) is 4.64. The Kier molecular flexibility index (Phi) is 4.09. The van der Waals surface area contributed by atoms with Crippen LogP contribution in [0.1, 0.15) is 38.9 Å². The van der Waals surface area contributed by atoms with Crippen LogP contribution in [0.3, 0.4) is 0 Å². The first-order chi connectivity index (χ1) is 7.06. The summed E-state index contributed by atoms with van der Waals surface area (Å²) in [5.74, 6) is 0. The molecule has 0 radical (unpaired) electrons. The standard InChI is InChI=1S/C12H21N3/c1-5-11(13)12-7-6-10(8-14-12)15(4)9(2)3/h6-9,11H,5,13H2,1-4H3/t11-/m0/s1. The quantitative estimate of drug-likeness (QED) is 0.824. The Balaban J connectivity index is 2.80. The molecule has 0 spiro atoms. The van der Waals surface area contributed by atoms with Crippen LogP contribution < -0.4 is 10.6 Å². The number of nitrogens with zero attached hydrogens (tertiary/aromatic N) is 2. The van der Waals surface area contributed by atoms with Crippen molar-refractivity contribution in [3.63, 3.8) is 0 Å². The molecular weight excluding hydrogens is 186 g/mol. The topological polar surface area (TPSA) is 42.1 Å². The number of pyridine rings is 1. The van der Waals surface area contributed by atoms with Gasteiger partial charge in [-0.2, -0.15) is 0 Å². The second-order valence-electron chi connectivity index (χ2n) is 4.16. The number of hydrogen-bond acceptors (Lipinski definition) is 3. The van der Waals surface area contributed by atoms with Gasteiger partial charge in [-0.05, 0) is 32.4 Å². The first-order valence-electron chi connectivity index (χ1n) is 5.50. The highest BCUT2D eigenvalue weighted by Gasteiger charge is 2.07. The fourth-order valence-electron chi connectivity index (χ4n) is 1.33. The average Bonchev–Trinajstić information content (AvgIpc) is 2.27. The third-order valence-corrected chi connectivity index (χ3v) is 2.77. The second-order valence-corrected chi connectivity index (χ2v) is 4.16. The zero-order chi connectivity index (χ0) is 11.4. The zero-order valence-electron chi connectivity index (χ0n) is 10.1. The molecule has 0 saturated heterocycles. The van der Waals surface area contributed by atoms with Gasteiger partial charge in [0.15, 0.2) is 0 Å². The van der Waals surface area contributed by atoms with E-state index in [0.717, 1.165) is 17.8 Å². The van der Waals surface area contributed by atoms with Crippen molar-refractivity contribution in [1.82, 2.24) is 4.98 Å². The molecule has 0 unspecified atom stereocenters. The van der Waals surface area contributed by atoms with Crippen molar-refractivity contribution in [1.29, 1.82) is 0 Å². The van der Waals surface area contributed by atoms with Gasteiger partial charge in [-0.15, -0.1) is 0 Å². The number of aromatic nitrogens is 1. The van der Waals surface area contributed by atoms with Crippen LogP contribution >= 0.6 is 0 Å². The van der Waals surface area contributed by atoms with Crippen LogP contribution in [0.15, 0.2) is 18.3 Å². The summed E-state index contributed by atoms with van der Waals surface area (Å²) in [7, 11) is 2.07. The lowest BCUT2D eigenvalue weighted by Crippen LogP contribution is -2.25. The highest BCUT2D eigenvalue weighted by Crippen LogP contribution is 2.17. The Morgan fingerprint density at radius 1 is 1.40 bits per heavy atom. The largest absolute Gasteiger partial charge is 0.371 e. The van der Waals surface area contributed by atoms with Gasteiger partial charge in [0.25, 0.3) is 0 Å². The molecule has 1 aromatic heterocycles. The van der Waals surface area contributed by atoms with Crippen LogP contribution in [0.2, 0.25) is 0 Å². The lowest BCUT2D eigenvalue weighted by atomic mass is 10.1. The predicted octanol–water partition coefficient (Wildman–Crippen LogP) is 2.34. The van der Waals surface area contributed by atoms with E-state index in [-0.39, 0.29) is 6.04 Å². The van der Waals surface area contributed by atoms with E-state index in [4.69, 9.17) is 5.73 Å². The van der Waals surface area contributed by atoms with E-state index >= 15 is 0 Å². The summed E-state index contributed by atoms with van der Waals surface area (Å²) in [5.41, 5.74) is 8.01. The van der Waals surface area contributed by atoms with Crippen LogP contribution in [-0.4, -0.2) is 18.1 Å². The summed E-state index contributed by atoms with van der Waals surface area (Å²) < 4.78 is 0. The van der Waals surface area contributed by atoms with E-state index in [9.17, 15) is 0 Å². The van der Waals surface area contributed by atoms with Gasteiger partial charge in [0.2, 0.25) is 0 Å². The highest BCUT2D eigenvalue weighted by molar-refractivity contribution is 5.44. The Bertz CT molecular complexity index is 292. The Morgan fingerprint density at radius 3 is 2.47 bits per heavy atom. The van der Waals surface area contributed by atoms with Gasteiger partial charge in [-0.25, -0.2) is 0 Å². The molecule has 2 N–H and O–H groups in total. The van der Waals surface area contributed by atoms with Crippen molar-refractivity contribution < 1.29 is 0 Å². The van der Waals surface area contributed by atoms with Gasteiger partial charge in [0.05, 0.1) is 17.6 Å². The summed E-state index contributed by atoms with van der Waals surface area (Å²) in [4.78, 5) is 6.57. The van der Waals surface area contributed by atoms with Crippen LogP contribution in [0.5, 0.6) is 0 Å². The lowest BCUT2D eigenvalue weighted by Gasteiger charge is -2.23. The molecule has 0 aromatic carbocycles. The van der Waals surface area contributed by atoms with Crippen LogP contribution in [0, 0.1) is 0 Å². The third-order valence-electron chi connectivity index (χ3n) is 2.77. The first-order valence-corrected chi connectivity index (χ1v) is 5.50. The SMILES string of the molecule is CC[C@H](N)c1ccc(N(C)C(C)C)cn1. The molecule has 0 aliphatic heterocycles. The van der Waals surface area contributed by atoms with E-state index < -0.39 is 0 Å². The molecule has 1 rings (SSSR count). The van der Waals surface area contributed by atoms with Gasteiger partial charge < -0.3 is 10.6 Å². The molecule has 3 nitrogen and oxygen atoms in total. The zero-order valence-corrected chi connectivity index (χ0v) is 10.1. The van der Waals surface area contributed by atoms with Gasteiger partial charge in [0.1, 0.15) is 0 Å². The number of nitrogens with two attached hydrogens (primary N) is 1. The molecule has 15 heavy (non-hydrogen) atoms. The van der Waals surface area contributed by atoms with Crippen LogP contribution in [0.25, 0.3) is 0 Å². The van der Waals surface area contributed by atoms with E-state index in [1.165, 1.54) is 0 Å². The molecule has 1 atom stereocenters. The molecule has 0 bridgehead atoms. The van der Waals surface area contributed by atoms with Crippen molar-refractivity contribution in [2.45, 2.75) is 39.3 Å². The Hall–Kier alpha value is -1.09. The van der Waals surface area contributed by atoms with E-state index in [0.29, 0.717) is 6.04 Å². The minimum atomic E-state index is 0.0587. The highest BCUT2D eigenvalue weighted by atomic mass is 15.1. The molecule has 0 amide bonds. The maximum absolute atomic E-state index is 5.90. The molecular formula is C12H21N3. The molecule has 0 aliphatic carbocycles. The van der Waals surface area contributed by atoms with Gasteiger partial charge in [0, 0.05) is 19.1 Å². The molecule has 0 aliphatic rings. The molecule has 84 valence electrons. The molecule has 3 heteroatoms. The third kappa shape index (κ3) is 2.93. The number of hydrogen-bond donors (Lipinski definition) is 1. The van der Waals surface area contributed by atoms with Crippen molar-refractivity contribution in [3.05, 3.63) is 24.0 Å². The fourth-order valence-corrected chi connectivity index (χ4v) is 1.33. The van der Waals surface area contributed by atoms with Crippen molar-refractivity contribution in [2.24, 2.45) is 5.73 Å². The van der Waals surface area contributed by atoms with E-state index in [1.807, 2.05) is 12.3 Å². The predicted molar refractivity (Wildman–Crippen MR) is 65.0 cm³/mol. The molecule has 1 aromatic rings. The maximum atomic E-state index is 5.90. The van der Waals surface area contributed by atoms with E-state index in [1.54, 1.807) is 0 Å². The summed E-state index contributed by atoms with van der Waals surface area (Å²) >= 11 is 0. The smallest absolute Gasteiger partial charge is 0.0572 e. The van der Waals surface area contributed by atoms with E-state index in [2.05, 4.69) is 43.8 Å². The first kappa shape index (κ1) is 12.0. The monoisotopic (exact) mass is 207 g/mol. The van der Waals surface area contributed by atoms with Crippen LogP contribution in [-0.2, 0) is 0 Å². The van der Waals surface area contributed by atoms with Gasteiger partial charge >= 0.3 is 0 Å². The van der Waals surface area contributed by atoms with Crippen molar-refractivity contribution in [2.75, 3.05) is 11.9 Å². The normalized spacial score (nSPS) is 12.9. The fraction of sp³-hybridized carbons (Fsp3) is 0.583. The van der Waals surface area contributed by atoms with Gasteiger partial charge in [-0.3, -0.25) is 4.98 Å². The molecule has 1 heterocycles. The van der Waals surface area contributed by atoms with Crippen LogP contribution in [0.4, 0.5) is 5.69 Å². The van der Waals surface area contributed by atoms with Crippen molar-refractivity contribution >= 4 is 5.69 Å². The summed E-state index contributed by atoms with van der Waals surface area (Å²) in [6.07, 6.45) is 2.82. The Labute approximate surface area is 92.3 Å².